The van der Waals surface area contributed by atoms with E-state index in [9.17, 15) is 4.79 Å². The molecule has 0 fully saturated rings. The van der Waals surface area contributed by atoms with Gasteiger partial charge in [-0.1, -0.05) is 0 Å². The van der Waals surface area contributed by atoms with Gasteiger partial charge in [-0.05, 0) is 19.1 Å². The Kier molecular flexibility index (Phi) is 4.20. The summed E-state index contributed by atoms with van der Waals surface area (Å²) in [6.07, 6.45) is 0. The fourth-order valence-corrected chi connectivity index (χ4v) is 1.47. The molecule has 16 heavy (non-hydrogen) atoms. The molecule has 84 valence electrons. The van der Waals surface area contributed by atoms with Crippen molar-refractivity contribution >= 4 is 18.6 Å². The third kappa shape index (κ3) is 2.47. The minimum Gasteiger partial charge on any atom is -0.495 e. The highest BCUT2D eigenvalue weighted by atomic mass is 32.1. The fraction of sp³-hybridized carbons (Fsp3) is 0.273. The standard InChI is InChI=1S/C11H11NO3S/c1-3-15-11(13)8-4-7(6-12)9(14-2)5-10(8)16/h4-5,16H,3H2,1-2H3. The number of nitriles is 1. The Bertz CT molecular complexity index is 451. The molecular formula is C11H11NO3S. The van der Waals surface area contributed by atoms with Crippen molar-refractivity contribution in [1.29, 1.82) is 5.26 Å². The number of hydrogen-bond acceptors (Lipinski definition) is 5. The molecule has 5 heteroatoms. The summed E-state index contributed by atoms with van der Waals surface area (Å²) in [6, 6.07) is 4.88. The zero-order valence-corrected chi connectivity index (χ0v) is 9.88. The van der Waals surface area contributed by atoms with E-state index in [4.69, 9.17) is 14.7 Å². The molecule has 0 atom stereocenters. The maximum Gasteiger partial charge on any atom is 0.339 e. The van der Waals surface area contributed by atoms with Gasteiger partial charge in [0.25, 0.3) is 0 Å². The highest BCUT2D eigenvalue weighted by molar-refractivity contribution is 7.80. The van der Waals surface area contributed by atoms with Gasteiger partial charge in [-0.3, -0.25) is 0 Å². The van der Waals surface area contributed by atoms with E-state index < -0.39 is 5.97 Å². The van der Waals surface area contributed by atoms with E-state index in [2.05, 4.69) is 12.6 Å². The maximum absolute atomic E-state index is 11.5. The van der Waals surface area contributed by atoms with Gasteiger partial charge in [0, 0.05) is 4.90 Å². The molecule has 0 heterocycles. The molecule has 0 aliphatic heterocycles. The van der Waals surface area contributed by atoms with Crippen molar-refractivity contribution in [2.45, 2.75) is 11.8 Å². The summed E-state index contributed by atoms with van der Waals surface area (Å²) in [6.45, 7) is 1.99. The predicted molar refractivity (Wildman–Crippen MR) is 60.9 cm³/mol. The molecule has 1 rings (SSSR count). The average Bonchev–Trinajstić information content (AvgIpc) is 2.28. The van der Waals surface area contributed by atoms with Crippen LogP contribution in [-0.4, -0.2) is 19.7 Å². The van der Waals surface area contributed by atoms with Crippen LogP contribution in [0.4, 0.5) is 0 Å². The SMILES string of the molecule is CCOC(=O)c1cc(C#N)c(OC)cc1S. The summed E-state index contributed by atoms with van der Waals surface area (Å²) in [7, 11) is 1.45. The molecule has 0 aliphatic rings. The topological polar surface area (TPSA) is 59.3 Å². The van der Waals surface area contributed by atoms with Gasteiger partial charge in [0.05, 0.1) is 24.8 Å². The molecule has 0 aromatic heterocycles. The van der Waals surface area contributed by atoms with E-state index in [0.29, 0.717) is 10.6 Å². The number of carbonyl (C=O) groups is 1. The van der Waals surface area contributed by atoms with Crippen LogP contribution in [0.25, 0.3) is 0 Å². The van der Waals surface area contributed by atoms with Gasteiger partial charge >= 0.3 is 5.97 Å². The number of carbonyl (C=O) groups excluding carboxylic acids is 1. The lowest BCUT2D eigenvalue weighted by atomic mass is 10.1. The van der Waals surface area contributed by atoms with Gasteiger partial charge in [0.2, 0.25) is 0 Å². The van der Waals surface area contributed by atoms with Crippen molar-refractivity contribution in [3.8, 4) is 11.8 Å². The summed E-state index contributed by atoms with van der Waals surface area (Å²) in [5.74, 6) is -0.104. The first-order chi connectivity index (χ1) is 7.63. The van der Waals surface area contributed by atoms with Crippen molar-refractivity contribution in [1.82, 2.24) is 0 Å². The van der Waals surface area contributed by atoms with Gasteiger partial charge in [-0.15, -0.1) is 12.6 Å². The predicted octanol–water partition coefficient (Wildman–Crippen LogP) is 2.03. The lowest BCUT2D eigenvalue weighted by Crippen LogP contribution is -2.06. The Morgan fingerprint density at radius 3 is 2.75 bits per heavy atom. The first-order valence-electron chi connectivity index (χ1n) is 4.62. The molecule has 0 saturated carbocycles. The Morgan fingerprint density at radius 1 is 1.56 bits per heavy atom. The van der Waals surface area contributed by atoms with Crippen molar-refractivity contribution in [2.24, 2.45) is 0 Å². The fourth-order valence-electron chi connectivity index (χ4n) is 1.20. The monoisotopic (exact) mass is 237 g/mol. The first kappa shape index (κ1) is 12.4. The quantitative estimate of drug-likeness (QED) is 0.645. The lowest BCUT2D eigenvalue weighted by Gasteiger charge is -2.08. The van der Waals surface area contributed by atoms with Crippen LogP contribution in [0, 0.1) is 11.3 Å². The largest absolute Gasteiger partial charge is 0.495 e. The Labute approximate surface area is 99.2 Å². The molecule has 0 spiro atoms. The third-order valence-corrected chi connectivity index (χ3v) is 2.30. The van der Waals surface area contributed by atoms with Crippen LogP contribution >= 0.6 is 12.6 Å². The molecule has 4 nitrogen and oxygen atoms in total. The molecular weight excluding hydrogens is 226 g/mol. The summed E-state index contributed by atoms with van der Waals surface area (Å²) in [5.41, 5.74) is 0.547. The van der Waals surface area contributed by atoms with E-state index in [1.54, 1.807) is 6.92 Å². The van der Waals surface area contributed by atoms with E-state index in [-0.39, 0.29) is 17.7 Å². The second-order valence-corrected chi connectivity index (χ2v) is 3.38. The Morgan fingerprint density at radius 2 is 2.25 bits per heavy atom. The highest BCUT2D eigenvalue weighted by Crippen LogP contribution is 2.26. The number of hydrogen-bond donors (Lipinski definition) is 1. The number of benzene rings is 1. The number of rotatable bonds is 3. The number of thiol groups is 1. The smallest absolute Gasteiger partial charge is 0.339 e. The van der Waals surface area contributed by atoms with Crippen LogP contribution in [-0.2, 0) is 4.74 Å². The zero-order chi connectivity index (χ0) is 12.1. The van der Waals surface area contributed by atoms with Crippen LogP contribution in [0.5, 0.6) is 5.75 Å². The molecule has 1 aromatic rings. The minimum absolute atomic E-state index is 0.266. The van der Waals surface area contributed by atoms with Gasteiger partial charge in [0.1, 0.15) is 11.8 Å². The van der Waals surface area contributed by atoms with E-state index in [1.165, 1.54) is 19.2 Å². The molecule has 0 bridgehead atoms. The van der Waals surface area contributed by atoms with Gasteiger partial charge in [-0.25, -0.2) is 4.79 Å². The van der Waals surface area contributed by atoms with Gasteiger partial charge in [0.15, 0.2) is 0 Å². The van der Waals surface area contributed by atoms with Crippen molar-refractivity contribution in [2.75, 3.05) is 13.7 Å². The normalized spacial score (nSPS) is 9.38. The second kappa shape index (κ2) is 5.42. The summed E-state index contributed by atoms with van der Waals surface area (Å²) >= 11 is 4.15. The lowest BCUT2D eigenvalue weighted by molar-refractivity contribution is 0.0522. The summed E-state index contributed by atoms with van der Waals surface area (Å²) in [5, 5.41) is 8.87. The summed E-state index contributed by atoms with van der Waals surface area (Å²) < 4.78 is 9.83. The number of nitrogens with zero attached hydrogens (tertiary/aromatic N) is 1. The molecule has 0 amide bonds. The van der Waals surface area contributed by atoms with Crippen molar-refractivity contribution in [3.63, 3.8) is 0 Å². The summed E-state index contributed by atoms with van der Waals surface area (Å²) in [4.78, 5) is 11.9. The van der Waals surface area contributed by atoms with Crippen LogP contribution in [0.2, 0.25) is 0 Å². The van der Waals surface area contributed by atoms with Crippen LogP contribution in [0.1, 0.15) is 22.8 Å². The number of methoxy groups -OCH3 is 1. The highest BCUT2D eigenvalue weighted by Gasteiger charge is 2.15. The number of esters is 1. The van der Waals surface area contributed by atoms with E-state index >= 15 is 0 Å². The zero-order valence-electron chi connectivity index (χ0n) is 8.98. The average molecular weight is 237 g/mol. The second-order valence-electron chi connectivity index (χ2n) is 2.90. The molecule has 1 aromatic carbocycles. The Hall–Kier alpha value is -1.67. The first-order valence-corrected chi connectivity index (χ1v) is 5.07. The van der Waals surface area contributed by atoms with Crippen molar-refractivity contribution in [3.05, 3.63) is 23.3 Å². The van der Waals surface area contributed by atoms with E-state index in [1.807, 2.05) is 6.07 Å². The van der Waals surface area contributed by atoms with Crippen LogP contribution in [0.15, 0.2) is 17.0 Å². The van der Waals surface area contributed by atoms with Crippen molar-refractivity contribution < 1.29 is 14.3 Å². The molecule has 0 radical (unpaired) electrons. The van der Waals surface area contributed by atoms with Gasteiger partial charge in [-0.2, -0.15) is 5.26 Å². The third-order valence-electron chi connectivity index (χ3n) is 1.93. The van der Waals surface area contributed by atoms with E-state index in [0.717, 1.165) is 0 Å². The molecule has 0 saturated heterocycles. The number of ether oxygens (including phenoxy) is 2. The van der Waals surface area contributed by atoms with Crippen LogP contribution in [0.3, 0.4) is 0 Å². The maximum atomic E-state index is 11.5. The molecule has 0 aliphatic carbocycles. The van der Waals surface area contributed by atoms with Gasteiger partial charge < -0.3 is 9.47 Å². The molecule has 0 N–H and O–H groups in total. The Balaban J connectivity index is 3.22. The minimum atomic E-state index is -0.494. The molecule has 0 unspecified atom stereocenters. The van der Waals surface area contributed by atoms with Crippen LogP contribution < -0.4 is 4.74 Å².